The third-order valence-corrected chi connectivity index (χ3v) is 3.60. The van der Waals surface area contributed by atoms with Crippen molar-refractivity contribution in [2.75, 3.05) is 20.3 Å². The molecule has 1 aliphatic heterocycles. The van der Waals surface area contributed by atoms with E-state index in [1.807, 2.05) is 7.05 Å². The Morgan fingerprint density at radius 2 is 2.17 bits per heavy atom. The van der Waals surface area contributed by atoms with Gasteiger partial charge in [-0.3, -0.25) is 0 Å². The van der Waals surface area contributed by atoms with Crippen LogP contribution in [0.25, 0.3) is 0 Å². The van der Waals surface area contributed by atoms with Crippen LogP contribution in [-0.4, -0.2) is 36.4 Å². The van der Waals surface area contributed by atoms with E-state index in [2.05, 4.69) is 22.4 Å². The molecule has 18 heavy (non-hydrogen) atoms. The van der Waals surface area contributed by atoms with Crippen molar-refractivity contribution >= 4 is 0 Å². The number of ether oxygens (including phenoxy) is 1. The quantitative estimate of drug-likeness (QED) is 0.834. The monoisotopic (exact) mass is 253 g/mol. The van der Waals surface area contributed by atoms with Crippen LogP contribution in [0.1, 0.15) is 37.9 Å². The van der Waals surface area contributed by atoms with Crippen LogP contribution in [0.15, 0.2) is 4.52 Å². The van der Waals surface area contributed by atoms with Gasteiger partial charge in [0.25, 0.3) is 0 Å². The van der Waals surface area contributed by atoms with Crippen molar-refractivity contribution in [1.29, 1.82) is 0 Å². The van der Waals surface area contributed by atoms with Crippen molar-refractivity contribution in [3.63, 3.8) is 0 Å². The topological polar surface area (TPSA) is 60.2 Å². The van der Waals surface area contributed by atoms with E-state index in [0.29, 0.717) is 6.04 Å². The predicted octanol–water partition coefficient (Wildman–Crippen LogP) is 1.58. The maximum atomic E-state index is 5.35. The zero-order chi connectivity index (χ0) is 12.8. The van der Waals surface area contributed by atoms with Crippen LogP contribution in [0.5, 0.6) is 0 Å². The van der Waals surface area contributed by atoms with Gasteiger partial charge in [-0.05, 0) is 39.2 Å². The number of aromatic nitrogens is 2. The molecule has 1 aromatic heterocycles. The van der Waals surface area contributed by atoms with Gasteiger partial charge in [-0.25, -0.2) is 0 Å². The number of likely N-dealkylation sites (N-methyl/N-ethyl adjacent to an activating group) is 1. The molecule has 1 aliphatic rings. The van der Waals surface area contributed by atoms with Gasteiger partial charge < -0.3 is 14.6 Å². The summed E-state index contributed by atoms with van der Waals surface area (Å²) in [6.07, 6.45) is 5.17. The molecule has 5 heteroatoms. The molecular weight excluding hydrogens is 230 g/mol. The van der Waals surface area contributed by atoms with Crippen molar-refractivity contribution < 1.29 is 9.26 Å². The zero-order valence-corrected chi connectivity index (χ0v) is 11.3. The smallest absolute Gasteiger partial charge is 0.226 e. The van der Waals surface area contributed by atoms with E-state index >= 15 is 0 Å². The van der Waals surface area contributed by atoms with Gasteiger partial charge in [0.15, 0.2) is 5.82 Å². The first kappa shape index (κ1) is 13.5. The van der Waals surface area contributed by atoms with Crippen LogP contribution in [0, 0.1) is 5.92 Å². The summed E-state index contributed by atoms with van der Waals surface area (Å²) in [5.41, 5.74) is 0. The maximum Gasteiger partial charge on any atom is 0.226 e. The molecule has 0 saturated carbocycles. The predicted molar refractivity (Wildman–Crippen MR) is 68.4 cm³/mol. The number of hydrogen-bond acceptors (Lipinski definition) is 5. The third-order valence-electron chi connectivity index (χ3n) is 3.60. The van der Waals surface area contributed by atoms with Gasteiger partial charge in [-0.2, -0.15) is 4.98 Å². The molecule has 5 nitrogen and oxygen atoms in total. The molecule has 102 valence electrons. The highest BCUT2D eigenvalue weighted by molar-refractivity contribution is 4.89. The SMILES string of the molecule is CNC(C)Cc1noc(CCC2CCOCC2)n1. The number of nitrogens with one attached hydrogen (secondary N) is 1. The van der Waals surface area contributed by atoms with Crippen molar-refractivity contribution in [2.45, 2.75) is 45.1 Å². The molecule has 1 aromatic rings. The number of rotatable bonds is 6. The van der Waals surface area contributed by atoms with Gasteiger partial charge in [0, 0.05) is 32.1 Å². The normalized spacial score (nSPS) is 19.0. The molecular formula is C13H23N3O2. The Hall–Kier alpha value is -0.940. The Labute approximate surface area is 108 Å². The summed E-state index contributed by atoms with van der Waals surface area (Å²) in [6, 6.07) is 0.381. The van der Waals surface area contributed by atoms with Crippen LogP contribution in [-0.2, 0) is 17.6 Å². The summed E-state index contributed by atoms with van der Waals surface area (Å²) in [6.45, 7) is 3.91. The van der Waals surface area contributed by atoms with Crippen molar-refractivity contribution in [3.05, 3.63) is 11.7 Å². The van der Waals surface area contributed by atoms with E-state index in [1.165, 1.54) is 0 Å². The minimum absolute atomic E-state index is 0.381. The highest BCUT2D eigenvalue weighted by Gasteiger charge is 2.16. The summed E-state index contributed by atoms with van der Waals surface area (Å²) in [4.78, 5) is 4.43. The largest absolute Gasteiger partial charge is 0.381 e. The Kier molecular flexibility index (Phi) is 5.13. The van der Waals surface area contributed by atoms with Gasteiger partial charge in [0.2, 0.25) is 5.89 Å². The molecule has 0 bridgehead atoms. The Morgan fingerprint density at radius 1 is 1.39 bits per heavy atom. The molecule has 0 radical (unpaired) electrons. The average Bonchev–Trinajstić information content (AvgIpc) is 2.85. The molecule has 1 atom stereocenters. The molecule has 2 rings (SSSR count). The fourth-order valence-electron chi connectivity index (χ4n) is 2.21. The van der Waals surface area contributed by atoms with Gasteiger partial charge in [0.1, 0.15) is 0 Å². The van der Waals surface area contributed by atoms with E-state index in [-0.39, 0.29) is 0 Å². The average molecular weight is 253 g/mol. The van der Waals surface area contributed by atoms with Gasteiger partial charge in [-0.1, -0.05) is 5.16 Å². The molecule has 2 heterocycles. The zero-order valence-electron chi connectivity index (χ0n) is 11.3. The highest BCUT2D eigenvalue weighted by atomic mass is 16.5. The second-order valence-electron chi connectivity index (χ2n) is 5.09. The standard InChI is InChI=1S/C13H23N3O2/c1-10(14-2)9-12-15-13(18-16-12)4-3-11-5-7-17-8-6-11/h10-11,14H,3-9H2,1-2H3. The summed E-state index contributed by atoms with van der Waals surface area (Å²) in [5, 5.41) is 7.19. The minimum Gasteiger partial charge on any atom is -0.381 e. The molecule has 1 fully saturated rings. The van der Waals surface area contributed by atoms with E-state index < -0.39 is 0 Å². The first-order chi connectivity index (χ1) is 8.78. The molecule has 1 N–H and O–H groups in total. The second-order valence-corrected chi connectivity index (χ2v) is 5.09. The van der Waals surface area contributed by atoms with Crippen LogP contribution in [0.2, 0.25) is 0 Å². The molecule has 0 aliphatic carbocycles. The van der Waals surface area contributed by atoms with Gasteiger partial charge in [0.05, 0.1) is 0 Å². The Morgan fingerprint density at radius 3 is 2.89 bits per heavy atom. The maximum absolute atomic E-state index is 5.35. The lowest BCUT2D eigenvalue weighted by Crippen LogP contribution is -2.24. The Balaban J connectivity index is 1.75. The fourth-order valence-corrected chi connectivity index (χ4v) is 2.21. The summed E-state index contributed by atoms with van der Waals surface area (Å²) >= 11 is 0. The van der Waals surface area contributed by atoms with E-state index in [0.717, 1.165) is 63.0 Å². The number of hydrogen-bond donors (Lipinski definition) is 1. The van der Waals surface area contributed by atoms with Crippen molar-refractivity contribution in [1.82, 2.24) is 15.5 Å². The van der Waals surface area contributed by atoms with Crippen LogP contribution in [0.4, 0.5) is 0 Å². The number of aryl methyl sites for hydroxylation is 1. The van der Waals surface area contributed by atoms with Crippen LogP contribution < -0.4 is 5.32 Å². The highest BCUT2D eigenvalue weighted by Crippen LogP contribution is 2.20. The van der Waals surface area contributed by atoms with Gasteiger partial charge in [-0.15, -0.1) is 0 Å². The lowest BCUT2D eigenvalue weighted by Gasteiger charge is -2.20. The molecule has 0 spiro atoms. The van der Waals surface area contributed by atoms with Gasteiger partial charge >= 0.3 is 0 Å². The summed E-state index contributed by atoms with van der Waals surface area (Å²) in [7, 11) is 1.94. The lowest BCUT2D eigenvalue weighted by molar-refractivity contribution is 0.0634. The third kappa shape index (κ3) is 4.07. The van der Waals surface area contributed by atoms with Crippen LogP contribution >= 0.6 is 0 Å². The summed E-state index contributed by atoms with van der Waals surface area (Å²) < 4.78 is 10.6. The lowest BCUT2D eigenvalue weighted by atomic mass is 9.95. The first-order valence-electron chi connectivity index (χ1n) is 6.84. The molecule has 1 unspecified atom stereocenters. The molecule has 0 aromatic carbocycles. The van der Waals surface area contributed by atoms with Crippen LogP contribution in [0.3, 0.4) is 0 Å². The second kappa shape index (κ2) is 6.85. The van der Waals surface area contributed by atoms with E-state index in [9.17, 15) is 0 Å². The first-order valence-corrected chi connectivity index (χ1v) is 6.84. The minimum atomic E-state index is 0.381. The van der Waals surface area contributed by atoms with Crippen molar-refractivity contribution in [3.8, 4) is 0 Å². The fraction of sp³-hybridized carbons (Fsp3) is 0.846. The number of nitrogens with zero attached hydrogens (tertiary/aromatic N) is 2. The van der Waals surface area contributed by atoms with E-state index in [4.69, 9.17) is 9.26 Å². The summed E-state index contributed by atoms with van der Waals surface area (Å²) in [5.74, 6) is 2.34. The van der Waals surface area contributed by atoms with E-state index in [1.54, 1.807) is 0 Å². The Bertz CT molecular complexity index is 348. The molecule has 1 saturated heterocycles. The van der Waals surface area contributed by atoms with Crippen molar-refractivity contribution in [2.24, 2.45) is 5.92 Å². The molecule has 0 amide bonds.